The van der Waals surface area contributed by atoms with E-state index < -0.39 is 0 Å². The highest BCUT2D eigenvalue weighted by Crippen LogP contribution is 2.47. The number of fused-ring (bicyclic) bond motifs is 3. The number of hydrogen-bond donors (Lipinski definition) is 0. The van der Waals surface area contributed by atoms with Gasteiger partial charge in [0.1, 0.15) is 0 Å². The fraction of sp³-hybridized carbons (Fsp3) is 0.103. The van der Waals surface area contributed by atoms with Gasteiger partial charge in [0.15, 0.2) is 0 Å². The molecule has 0 radical (unpaired) electrons. The standard InChI is InChI=1S/C29H24/c1-21-11-5-2-10-16-25-24(19-21)17-18-26-28(25)20-27(22-12-6-3-7-13-22)29(26)23-14-8-4-9-15-23/h2-15,17-20,29H,16H2,1H3/b10-2+,11-5-,21-19+. The van der Waals surface area contributed by atoms with Crippen LogP contribution in [0.15, 0.2) is 103 Å². The molecule has 3 aromatic carbocycles. The molecule has 0 bridgehead atoms. The van der Waals surface area contributed by atoms with Gasteiger partial charge in [-0.1, -0.05) is 109 Å². The lowest BCUT2D eigenvalue weighted by atomic mass is 9.84. The van der Waals surface area contributed by atoms with E-state index in [4.69, 9.17) is 0 Å². The Hall–Kier alpha value is -3.38. The van der Waals surface area contributed by atoms with Crippen molar-refractivity contribution in [1.29, 1.82) is 0 Å². The zero-order chi connectivity index (χ0) is 19.6. The first-order valence-corrected chi connectivity index (χ1v) is 10.3. The van der Waals surface area contributed by atoms with Crippen molar-refractivity contribution in [3.05, 3.63) is 136 Å². The SMILES string of the molecule is CC1=C\c2ccc3c(c2C/C=C/C=C\1)C=C(c1ccccc1)C3c1ccccc1. The molecule has 0 amide bonds. The Bertz CT molecular complexity index is 1160. The Labute approximate surface area is 173 Å². The summed E-state index contributed by atoms with van der Waals surface area (Å²) < 4.78 is 0. The van der Waals surface area contributed by atoms with Crippen LogP contribution in [0.4, 0.5) is 0 Å². The van der Waals surface area contributed by atoms with Crippen LogP contribution in [-0.2, 0) is 6.42 Å². The van der Waals surface area contributed by atoms with Crippen molar-refractivity contribution in [3.8, 4) is 0 Å². The van der Waals surface area contributed by atoms with Crippen molar-refractivity contribution in [2.45, 2.75) is 19.3 Å². The fourth-order valence-electron chi connectivity index (χ4n) is 4.54. The second-order valence-electron chi connectivity index (χ2n) is 7.83. The molecule has 0 saturated heterocycles. The molecule has 1 atom stereocenters. The quantitative estimate of drug-likeness (QED) is 0.438. The maximum Gasteiger partial charge on any atom is 0.0352 e. The van der Waals surface area contributed by atoms with Crippen LogP contribution < -0.4 is 0 Å². The second kappa shape index (κ2) is 7.56. The molecule has 0 N–H and O–H groups in total. The summed E-state index contributed by atoms with van der Waals surface area (Å²) in [5.41, 5.74) is 10.9. The van der Waals surface area contributed by atoms with E-state index in [0.717, 1.165) is 6.42 Å². The summed E-state index contributed by atoms with van der Waals surface area (Å²) in [4.78, 5) is 0. The number of allylic oxidation sites excluding steroid dienone is 6. The lowest BCUT2D eigenvalue weighted by Crippen LogP contribution is -2.03. The first-order valence-electron chi connectivity index (χ1n) is 10.3. The van der Waals surface area contributed by atoms with Gasteiger partial charge >= 0.3 is 0 Å². The van der Waals surface area contributed by atoms with Crippen molar-refractivity contribution in [3.63, 3.8) is 0 Å². The smallest absolute Gasteiger partial charge is 0.0352 e. The van der Waals surface area contributed by atoms with E-state index in [1.54, 1.807) is 0 Å². The van der Waals surface area contributed by atoms with E-state index in [2.05, 4.69) is 116 Å². The third-order valence-corrected chi connectivity index (χ3v) is 5.90. The molecule has 0 nitrogen and oxygen atoms in total. The predicted octanol–water partition coefficient (Wildman–Crippen LogP) is 7.44. The Balaban J connectivity index is 1.74. The van der Waals surface area contributed by atoms with E-state index in [9.17, 15) is 0 Å². The minimum Gasteiger partial charge on any atom is -0.0801 e. The van der Waals surface area contributed by atoms with Crippen LogP contribution >= 0.6 is 0 Å². The van der Waals surface area contributed by atoms with E-state index in [1.807, 2.05) is 0 Å². The van der Waals surface area contributed by atoms with Gasteiger partial charge < -0.3 is 0 Å². The van der Waals surface area contributed by atoms with Crippen LogP contribution in [0.5, 0.6) is 0 Å². The molecule has 0 saturated carbocycles. The second-order valence-corrected chi connectivity index (χ2v) is 7.83. The van der Waals surface area contributed by atoms with Crippen molar-refractivity contribution in [2.75, 3.05) is 0 Å². The van der Waals surface area contributed by atoms with Crippen LogP contribution in [-0.4, -0.2) is 0 Å². The molecule has 0 fully saturated rings. The third-order valence-electron chi connectivity index (χ3n) is 5.90. The number of rotatable bonds is 2. The van der Waals surface area contributed by atoms with Crippen molar-refractivity contribution >= 4 is 17.7 Å². The molecule has 0 aromatic heterocycles. The lowest BCUT2D eigenvalue weighted by molar-refractivity contribution is 1.06. The molecule has 0 spiro atoms. The van der Waals surface area contributed by atoms with Crippen LogP contribution in [0.25, 0.3) is 17.7 Å². The number of benzene rings is 3. The molecule has 0 heterocycles. The van der Waals surface area contributed by atoms with E-state index >= 15 is 0 Å². The molecule has 0 aliphatic heterocycles. The fourth-order valence-corrected chi connectivity index (χ4v) is 4.54. The first-order chi connectivity index (χ1) is 14.3. The summed E-state index contributed by atoms with van der Waals surface area (Å²) >= 11 is 0. The summed E-state index contributed by atoms with van der Waals surface area (Å²) in [6.07, 6.45) is 14.4. The molecule has 140 valence electrons. The monoisotopic (exact) mass is 372 g/mol. The van der Waals surface area contributed by atoms with Gasteiger partial charge in [-0.3, -0.25) is 0 Å². The van der Waals surface area contributed by atoms with Gasteiger partial charge in [0.25, 0.3) is 0 Å². The third kappa shape index (κ3) is 3.32. The molecular formula is C29H24. The Morgan fingerprint density at radius 1 is 0.759 bits per heavy atom. The van der Waals surface area contributed by atoms with Gasteiger partial charge in [0.05, 0.1) is 0 Å². The summed E-state index contributed by atoms with van der Waals surface area (Å²) in [6.45, 7) is 2.17. The topological polar surface area (TPSA) is 0 Å². The minimum absolute atomic E-state index is 0.277. The van der Waals surface area contributed by atoms with Gasteiger partial charge in [0, 0.05) is 5.92 Å². The largest absolute Gasteiger partial charge is 0.0801 e. The van der Waals surface area contributed by atoms with Crippen molar-refractivity contribution in [2.24, 2.45) is 0 Å². The van der Waals surface area contributed by atoms with Gasteiger partial charge in [-0.2, -0.15) is 0 Å². The molecule has 2 aliphatic carbocycles. The first kappa shape index (κ1) is 17.7. The predicted molar refractivity (Wildman–Crippen MR) is 125 cm³/mol. The zero-order valence-electron chi connectivity index (χ0n) is 16.7. The van der Waals surface area contributed by atoms with E-state index in [0.29, 0.717) is 0 Å². The normalized spacial score (nSPS) is 21.5. The van der Waals surface area contributed by atoms with E-state index in [-0.39, 0.29) is 5.92 Å². The summed E-state index contributed by atoms with van der Waals surface area (Å²) in [5, 5.41) is 0. The highest BCUT2D eigenvalue weighted by Gasteiger charge is 2.29. The summed E-state index contributed by atoms with van der Waals surface area (Å²) in [7, 11) is 0. The molecule has 5 rings (SSSR count). The molecule has 3 aromatic rings. The Morgan fingerprint density at radius 3 is 2.31 bits per heavy atom. The van der Waals surface area contributed by atoms with Gasteiger partial charge in [0.2, 0.25) is 0 Å². The van der Waals surface area contributed by atoms with Crippen LogP contribution in [0.2, 0.25) is 0 Å². The highest BCUT2D eigenvalue weighted by molar-refractivity contribution is 5.95. The number of hydrogen-bond acceptors (Lipinski definition) is 0. The average molecular weight is 373 g/mol. The highest BCUT2D eigenvalue weighted by atomic mass is 14.3. The maximum absolute atomic E-state index is 2.43. The Kier molecular flexibility index (Phi) is 4.62. The van der Waals surface area contributed by atoms with Crippen molar-refractivity contribution in [1.82, 2.24) is 0 Å². The van der Waals surface area contributed by atoms with Crippen molar-refractivity contribution < 1.29 is 0 Å². The van der Waals surface area contributed by atoms with Crippen LogP contribution in [0, 0.1) is 0 Å². The minimum atomic E-state index is 0.277. The molecule has 29 heavy (non-hydrogen) atoms. The zero-order valence-corrected chi connectivity index (χ0v) is 16.7. The Morgan fingerprint density at radius 2 is 1.52 bits per heavy atom. The maximum atomic E-state index is 2.43. The summed E-state index contributed by atoms with van der Waals surface area (Å²) in [5.74, 6) is 0.277. The van der Waals surface area contributed by atoms with E-state index in [1.165, 1.54) is 44.5 Å². The van der Waals surface area contributed by atoms with Gasteiger partial charge in [-0.15, -0.1) is 0 Å². The molecule has 1 unspecified atom stereocenters. The van der Waals surface area contributed by atoms with Crippen LogP contribution in [0.1, 0.15) is 46.2 Å². The molecular weight excluding hydrogens is 348 g/mol. The van der Waals surface area contributed by atoms with Crippen LogP contribution in [0.3, 0.4) is 0 Å². The lowest BCUT2D eigenvalue weighted by Gasteiger charge is -2.19. The average Bonchev–Trinajstić information content (AvgIpc) is 3.18. The van der Waals surface area contributed by atoms with Gasteiger partial charge in [-0.05, 0) is 58.4 Å². The molecule has 2 aliphatic rings. The summed E-state index contributed by atoms with van der Waals surface area (Å²) in [6, 6.07) is 26.4. The molecule has 0 heteroatoms. The van der Waals surface area contributed by atoms with Gasteiger partial charge in [-0.25, -0.2) is 0 Å².